The van der Waals surface area contributed by atoms with Gasteiger partial charge in [0, 0.05) is 12.4 Å². The molecule has 1 saturated heterocycles. The van der Waals surface area contributed by atoms with Crippen molar-refractivity contribution >= 4 is 57.8 Å². The normalized spacial score (nSPS) is 15.0. The Balaban J connectivity index is 0.000000146. The van der Waals surface area contributed by atoms with E-state index in [-0.39, 0.29) is 39.6 Å². The summed E-state index contributed by atoms with van der Waals surface area (Å²) in [4.78, 5) is 28.3. The molecule has 346 valence electrons. The molecule has 2 aromatic heterocycles. The highest BCUT2D eigenvalue weighted by atomic mass is 35.5. The van der Waals surface area contributed by atoms with E-state index in [0.29, 0.717) is 5.56 Å². The van der Waals surface area contributed by atoms with Gasteiger partial charge in [-0.1, -0.05) is 169 Å². The number of fused-ring (bicyclic) bond motifs is 2. The molecule has 0 amide bonds. The lowest BCUT2D eigenvalue weighted by Crippen LogP contribution is -2.41. The van der Waals surface area contributed by atoms with E-state index in [1.54, 1.807) is 12.3 Å². The van der Waals surface area contributed by atoms with Crippen molar-refractivity contribution in [3.8, 4) is 11.1 Å². The van der Waals surface area contributed by atoms with Crippen molar-refractivity contribution in [3.05, 3.63) is 264 Å². The van der Waals surface area contributed by atoms with Crippen molar-refractivity contribution in [2.45, 2.75) is 51.7 Å². The molecule has 0 atom stereocenters. The predicted molar refractivity (Wildman–Crippen MR) is 279 cm³/mol. The fourth-order valence-corrected chi connectivity index (χ4v) is 9.42. The Morgan fingerprint density at radius 1 is 0.486 bits per heavy atom. The van der Waals surface area contributed by atoms with Gasteiger partial charge in [0.15, 0.2) is 0 Å². The zero-order valence-electron chi connectivity index (χ0n) is 39.1. The van der Waals surface area contributed by atoms with Crippen LogP contribution in [0.25, 0.3) is 33.4 Å². The average Bonchev–Trinajstić information content (AvgIpc) is 4.04. The number of rotatable bonds is 8. The molecule has 12 heteroatoms. The number of hydrogen-bond donors (Lipinski definition) is 0. The van der Waals surface area contributed by atoms with Gasteiger partial charge in [-0.3, -0.25) is 30.2 Å². The Bertz CT molecular complexity index is 3280. The average molecular weight is 943 g/mol. The molecular weight excluding hydrogens is 895 g/mol. The van der Waals surface area contributed by atoms with Gasteiger partial charge >= 0.3 is 12.8 Å². The summed E-state index contributed by atoms with van der Waals surface area (Å²) in [6, 6.07) is 57.8. The van der Waals surface area contributed by atoms with Gasteiger partial charge in [-0.05, 0) is 130 Å². The third kappa shape index (κ3) is 9.47. The van der Waals surface area contributed by atoms with Gasteiger partial charge in [-0.25, -0.2) is 0 Å². The number of halogens is 1. The number of benzene rings is 6. The molecule has 6 aromatic carbocycles. The molecule has 0 bridgehead atoms. The summed E-state index contributed by atoms with van der Waals surface area (Å²) in [5.74, 6) is 0. The first-order valence-corrected chi connectivity index (χ1v) is 23.3. The third-order valence-electron chi connectivity index (χ3n) is 13.3. The van der Waals surface area contributed by atoms with Gasteiger partial charge in [0.25, 0.3) is 5.69 Å². The van der Waals surface area contributed by atoms with Crippen LogP contribution in [0.1, 0.15) is 72.2 Å². The Morgan fingerprint density at radius 3 is 1.37 bits per heavy atom. The topological polar surface area (TPSA) is 131 Å². The molecule has 0 saturated carbocycles. The largest absolute Gasteiger partial charge is 0.495 e. The van der Waals surface area contributed by atoms with Gasteiger partial charge < -0.3 is 9.31 Å². The molecule has 8 aromatic rings. The quantitative estimate of drug-likeness (QED) is 0.0836. The standard InChI is InChI=1S/C27H27BO2.C26H18N2O2.C5H3ClN2O2/c1-26(2)27(3,4)30-28(29-26)24-17-11-16-21-23(24)18-22(19-12-7-5-8-13-19)25(21)20-14-9-6-10-15-20;29-28(30)25-17-27-15-14-21(25)20-12-7-13-22-24(20)16-23(18-8-3-1-4-9-18)26(22)19-10-5-2-6-11-19;6-4-1-2-7-3-5(4)8(9)10/h5-17H,18H2,1-4H3;1-15,17H,16H2;1-3H. The maximum absolute atomic E-state index is 11.6. The zero-order valence-corrected chi connectivity index (χ0v) is 39.8. The highest BCUT2D eigenvalue weighted by molar-refractivity contribution is 6.63. The van der Waals surface area contributed by atoms with Crippen molar-refractivity contribution in [3.63, 3.8) is 0 Å². The molecule has 0 spiro atoms. The van der Waals surface area contributed by atoms with Gasteiger partial charge in [0.05, 0.1) is 26.6 Å². The summed E-state index contributed by atoms with van der Waals surface area (Å²) in [6.45, 7) is 8.44. The van der Waals surface area contributed by atoms with Crippen molar-refractivity contribution in [1.29, 1.82) is 0 Å². The lowest BCUT2D eigenvalue weighted by atomic mass is 9.74. The van der Waals surface area contributed by atoms with Gasteiger partial charge in [-0.15, -0.1) is 0 Å². The molecule has 0 radical (unpaired) electrons. The van der Waals surface area contributed by atoms with Crippen LogP contribution in [0.5, 0.6) is 0 Å². The molecule has 3 heterocycles. The summed E-state index contributed by atoms with van der Waals surface area (Å²) in [5, 5.41) is 21.8. The summed E-state index contributed by atoms with van der Waals surface area (Å²) in [5.41, 5.74) is 16.6. The lowest BCUT2D eigenvalue weighted by Gasteiger charge is -2.32. The number of aromatic nitrogens is 2. The van der Waals surface area contributed by atoms with Crippen LogP contribution in [0.2, 0.25) is 5.02 Å². The van der Waals surface area contributed by atoms with Crippen LogP contribution in [0.4, 0.5) is 11.4 Å². The van der Waals surface area contributed by atoms with E-state index >= 15 is 0 Å². The fraction of sp³-hybridized carbons (Fsp3) is 0.138. The Hall–Kier alpha value is -7.83. The summed E-state index contributed by atoms with van der Waals surface area (Å²) < 4.78 is 12.8. The lowest BCUT2D eigenvalue weighted by molar-refractivity contribution is -0.385. The van der Waals surface area contributed by atoms with Crippen LogP contribution >= 0.6 is 11.6 Å². The summed E-state index contributed by atoms with van der Waals surface area (Å²) in [7, 11) is -0.350. The first kappa shape index (κ1) is 47.2. The van der Waals surface area contributed by atoms with E-state index in [2.05, 4.69) is 147 Å². The van der Waals surface area contributed by atoms with Crippen molar-refractivity contribution in [1.82, 2.24) is 9.97 Å². The molecule has 1 aliphatic heterocycles. The van der Waals surface area contributed by atoms with Crippen LogP contribution in [0.15, 0.2) is 195 Å². The van der Waals surface area contributed by atoms with E-state index < -0.39 is 4.92 Å². The molecule has 10 nitrogen and oxygen atoms in total. The first-order chi connectivity index (χ1) is 33.8. The number of allylic oxidation sites excluding steroid dienone is 2. The molecular formula is C58H48BClN4O6. The Morgan fingerprint density at radius 2 is 0.900 bits per heavy atom. The minimum Gasteiger partial charge on any atom is -0.399 e. The van der Waals surface area contributed by atoms with Crippen LogP contribution in [0, 0.1) is 20.2 Å². The molecule has 1 fully saturated rings. The molecule has 0 unspecified atom stereocenters. The summed E-state index contributed by atoms with van der Waals surface area (Å²) in [6.07, 6.45) is 7.05. The minimum atomic E-state index is -0.574. The van der Waals surface area contributed by atoms with Crippen molar-refractivity contribution in [2.75, 3.05) is 0 Å². The number of nitro groups is 2. The minimum absolute atomic E-state index is 0.0281. The van der Waals surface area contributed by atoms with Crippen LogP contribution in [-0.4, -0.2) is 38.1 Å². The number of hydrogen-bond acceptors (Lipinski definition) is 8. The van der Waals surface area contributed by atoms with Crippen molar-refractivity contribution in [2.24, 2.45) is 0 Å². The Kier molecular flexibility index (Phi) is 13.5. The fourth-order valence-electron chi connectivity index (χ4n) is 9.25. The molecule has 2 aliphatic carbocycles. The third-order valence-corrected chi connectivity index (χ3v) is 13.7. The zero-order chi connectivity index (χ0) is 49.0. The number of pyridine rings is 2. The molecule has 0 N–H and O–H groups in total. The van der Waals surface area contributed by atoms with Crippen LogP contribution in [0.3, 0.4) is 0 Å². The SMILES string of the molecule is CC1(C)OB(c2cccc3c2CC(c2ccccc2)=C3c2ccccc2)OC1(C)C.O=[N+]([O-])c1cnccc1-c1cccc2c1CC(c1ccccc1)=C2c1ccccc1.O=[N+]([O-])c1cnccc1Cl. The van der Waals surface area contributed by atoms with Crippen molar-refractivity contribution < 1.29 is 19.2 Å². The maximum atomic E-state index is 11.6. The smallest absolute Gasteiger partial charge is 0.399 e. The van der Waals surface area contributed by atoms with Gasteiger partial charge in [0.2, 0.25) is 0 Å². The summed E-state index contributed by atoms with van der Waals surface area (Å²) >= 11 is 5.44. The maximum Gasteiger partial charge on any atom is 0.495 e. The monoisotopic (exact) mass is 942 g/mol. The van der Waals surface area contributed by atoms with E-state index in [1.807, 2.05) is 48.5 Å². The van der Waals surface area contributed by atoms with E-state index in [9.17, 15) is 20.2 Å². The van der Waals surface area contributed by atoms with E-state index in [4.69, 9.17) is 20.9 Å². The molecule has 11 rings (SSSR count). The van der Waals surface area contributed by atoms with Crippen LogP contribution < -0.4 is 5.46 Å². The van der Waals surface area contributed by atoms with E-state index in [0.717, 1.165) is 46.8 Å². The molecule has 70 heavy (non-hydrogen) atoms. The van der Waals surface area contributed by atoms with E-state index in [1.165, 1.54) is 68.6 Å². The first-order valence-electron chi connectivity index (χ1n) is 22.9. The number of nitrogens with zero attached hydrogens (tertiary/aromatic N) is 4. The predicted octanol–water partition coefficient (Wildman–Crippen LogP) is 13.3. The Labute approximate surface area is 412 Å². The second-order valence-electron chi connectivity index (χ2n) is 18.1. The van der Waals surface area contributed by atoms with Gasteiger partial charge in [0.1, 0.15) is 17.4 Å². The second kappa shape index (κ2) is 20.0. The van der Waals surface area contributed by atoms with Gasteiger partial charge in [-0.2, -0.15) is 0 Å². The second-order valence-corrected chi connectivity index (χ2v) is 18.5. The van der Waals surface area contributed by atoms with Crippen LogP contribution in [-0.2, 0) is 22.2 Å². The highest BCUT2D eigenvalue weighted by Crippen LogP contribution is 2.47. The molecule has 3 aliphatic rings. The highest BCUT2D eigenvalue weighted by Gasteiger charge is 2.52.